The van der Waals surface area contributed by atoms with Crippen LogP contribution in [-0.2, 0) is 10.3 Å². The molecule has 2 rings (SSSR count). The van der Waals surface area contributed by atoms with Crippen LogP contribution >= 0.6 is 0 Å². The second kappa shape index (κ2) is 7.15. The molecule has 6 nitrogen and oxygen atoms in total. The number of amides is 1. The number of aryl methyl sites for hydroxylation is 1. The number of piperidine rings is 1. The van der Waals surface area contributed by atoms with E-state index in [9.17, 15) is 9.90 Å². The fourth-order valence-electron chi connectivity index (χ4n) is 2.75. The second-order valence-electron chi connectivity index (χ2n) is 7.81. The van der Waals surface area contributed by atoms with Crippen LogP contribution in [0.3, 0.4) is 0 Å². The Labute approximate surface area is 144 Å². The maximum atomic E-state index is 12.1. The second-order valence-corrected chi connectivity index (χ2v) is 7.81. The van der Waals surface area contributed by atoms with Gasteiger partial charge in [0.05, 0.1) is 0 Å². The Kier molecular flexibility index (Phi) is 5.60. The highest BCUT2D eigenvalue weighted by Gasteiger charge is 2.30. The topological polar surface area (TPSA) is 74.9 Å². The standard InChI is InChI=1S/C18H30N2O4/c1-13-6-7-15(23-13)18(5,22)12-19-14-8-10-20(11-9-14)16(21)24-17(2,3)4/h6-7,14,19,22H,8-12H2,1-5H3. The van der Waals surface area contributed by atoms with Crippen molar-refractivity contribution in [2.24, 2.45) is 0 Å². The molecular formula is C18H30N2O4. The van der Waals surface area contributed by atoms with Crippen molar-refractivity contribution in [2.45, 2.75) is 64.7 Å². The van der Waals surface area contributed by atoms with Crippen molar-refractivity contribution in [3.63, 3.8) is 0 Å². The molecule has 24 heavy (non-hydrogen) atoms. The highest BCUT2D eigenvalue weighted by atomic mass is 16.6. The van der Waals surface area contributed by atoms with E-state index in [-0.39, 0.29) is 12.1 Å². The van der Waals surface area contributed by atoms with Crippen molar-refractivity contribution in [1.29, 1.82) is 0 Å². The number of nitrogens with zero attached hydrogens (tertiary/aromatic N) is 1. The summed E-state index contributed by atoms with van der Waals surface area (Å²) in [5.74, 6) is 1.36. The number of aliphatic hydroxyl groups is 1. The van der Waals surface area contributed by atoms with Gasteiger partial charge >= 0.3 is 6.09 Å². The number of carbonyl (C=O) groups excluding carboxylic acids is 1. The normalized spacial score (nSPS) is 19.2. The van der Waals surface area contributed by atoms with Gasteiger partial charge in [-0.25, -0.2) is 4.79 Å². The van der Waals surface area contributed by atoms with Crippen molar-refractivity contribution in [1.82, 2.24) is 10.2 Å². The van der Waals surface area contributed by atoms with E-state index in [2.05, 4.69) is 5.32 Å². The maximum Gasteiger partial charge on any atom is 0.410 e. The van der Waals surface area contributed by atoms with Crippen molar-refractivity contribution in [2.75, 3.05) is 19.6 Å². The molecule has 136 valence electrons. The van der Waals surface area contributed by atoms with Crippen molar-refractivity contribution >= 4 is 6.09 Å². The van der Waals surface area contributed by atoms with E-state index in [0.29, 0.717) is 25.4 Å². The molecule has 0 aliphatic carbocycles. The molecule has 0 spiro atoms. The van der Waals surface area contributed by atoms with Crippen LogP contribution in [0.5, 0.6) is 0 Å². The van der Waals surface area contributed by atoms with Gasteiger partial charge in [0, 0.05) is 25.7 Å². The zero-order chi connectivity index (χ0) is 18.0. The van der Waals surface area contributed by atoms with Gasteiger partial charge in [0.2, 0.25) is 0 Å². The Bertz CT molecular complexity index is 552. The van der Waals surface area contributed by atoms with Crippen molar-refractivity contribution < 1.29 is 19.1 Å². The molecule has 0 bridgehead atoms. The zero-order valence-corrected chi connectivity index (χ0v) is 15.4. The summed E-state index contributed by atoms with van der Waals surface area (Å²) in [6.07, 6.45) is 1.43. The van der Waals surface area contributed by atoms with Gasteiger partial charge in [0.15, 0.2) is 0 Å². The minimum Gasteiger partial charge on any atom is -0.463 e. The molecule has 1 unspecified atom stereocenters. The number of carbonyl (C=O) groups is 1. The number of furan rings is 1. The van der Waals surface area contributed by atoms with Gasteiger partial charge in [0.1, 0.15) is 22.7 Å². The summed E-state index contributed by atoms with van der Waals surface area (Å²) < 4.78 is 10.9. The quantitative estimate of drug-likeness (QED) is 0.883. The molecule has 2 N–H and O–H groups in total. The first kappa shape index (κ1) is 18.8. The van der Waals surface area contributed by atoms with Crippen LogP contribution in [0.1, 0.15) is 52.1 Å². The van der Waals surface area contributed by atoms with Crippen LogP contribution in [0, 0.1) is 6.92 Å². The summed E-state index contributed by atoms with van der Waals surface area (Å²) in [5, 5.41) is 13.9. The first-order valence-corrected chi connectivity index (χ1v) is 8.57. The molecule has 6 heteroatoms. The van der Waals surface area contributed by atoms with Crippen molar-refractivity contribution in [3.05, 3.63) is 23.7 Å². The van der Waals surface area contributed by atoms with Gasteiger partial charge in [0.25, 0.3) is 0 Å². The Hall–Kier alpha value is -1.53. The predicted molar refractivity (Wildman–Crippen MR) is 91.8 cm³/mol. The summed E-state index contributed by atoms with van der Waals surface area (Å²) in [7, 11) is 0. The lowest BCUT2D eigenvalue weighted by Crippen LogP contribution is -2.48. The van der Waals surface area contributed by atoms with E-state index >= 15 is 0 Å². The first-order valence-electron chi connectivity index (χ1n) is 8.57. The first-order chi connectivity index (χ1) is 11.1. The Morgan fingerprint density at radius 1 is 1.33 bits per heavy atom. The molecule has 0 radical (unpaired) electrons. The highest BCUT2D eigenvalue weighted by molar-refractivity contribution is 5.68. The fraction of sp³-hybridized carbons (Fsp3) is 0.722. The molecule has 2 heterocycles. The highest BCUT2D eigenvalue weighted by Crippen LogP contribution is 2.23. The predicted octanol–water partition coefficient (Wildman–Crippen LogP) is 2.78. The fourth-order valence-corrected chi connectivity index (χ4v) is 2.75. The molecular weight excluding hydrogens is 308 g/mol. The van der Waals surface area contributed by atoms with Crippen LogP contribution < -0.4 is 5.32 Å². The summed E-state index contributed by atoms with van der Waals surface area (Å²) in [4.78, 5) is 13.8. The van der Waals surface area contributed by atoms with Gasteiger partial charge in [-0.3, -0.25) is 0 Å². The van der Waals surface area contributed by atoms with E-state index < -0.39 is 11.2 Å². The summed E-state index contributed by atoms with van der Waals surface area (Å²) in [5.41, 5.74) is -1.51. The van der Waals surface area contributed by atoms with Crippen LogP contribution in [0.15, 0.2) is 16.5 Å². The monoisotopic (exact) mass is 338 g/mol. The molecule has 1 aliphatic rings. The van der Waals surface area contributed by atoms with Gasteiger partial charge < -0.3 is 24.5 Å². The van der Waals surface area contributed by atoms with E-state index in [1.807, 2.05) is 39.8 Å². The SMILES string of the molecule is Cc1ccc(C(C)(O)CNC2CCN(C(=O)OC(C)(C)C)CC2)o1. The van der Waals surface area contributed by atoms with Crippen molar-refractivity contribution in [3.8, 4) is 0 Å². The third-order valence-electron chi connectivity index (χ3n) is 4.15. The molecule has 1 aromatic rings. The van der Waals surface area contributed by atoms with E-state index in [1.165, 1.54) is 0 Å². The minimum atomic E-state index is -1.05. The molecule has 1 aromatic heterocycles. The van der Waals surface area contributed by atoms with Crippen LogP contribution in [0.2, 0.25) is 0 Å². The lowest BCUT2D eigenvalue weighted by molar-refractivity contribution is 0.0145. The van der Waals surface area contributed by atoms with E-state index in [4.69, 9.17) is 9.15 Å². The number of nitrogens with one attached hydrogen (secondary N) is 1. The summed E-state index contributed by atoms with van der Waals surface area (Å²) >= 11 is 0. The summed E-state index contributed by atoms with van der Waals surface area (Å²) in [6.45, 7) is 11.0. The molecule has 1 amide bonds. The molecule has 1 saturated heterocycles. The lowest BCUT2D eigenvalue weighted by Gasteiger charge is -2.35. The molecule has 1 aliphatic heterocycles. The van der Waals surface area contributed by atoms with E-state index in [1.54, 1.807) is 11.8 Å². The molecule has 0 saturated carbocycles. The van der Waals surface area contributed by atoms with Gasteiger partial charge in [-0.2, -0.15) is 0 Å². The molecule has 1 fully saturated rings. The average molecular weight is 338 g/mol. The van der Waals surface area contributed by atoms with Crippen LogP contribution in [-0.4, -0.2) is 47.4 Å². The number of rotatable bonds is 4. The van der Waals surface area contributed by atoms with E-state index in [0.717, 1.165) is 18.6 Å². The average Bonchev–Trinajstić information content (AvgIpc) is 2.91. The molecule has 0 aromatic carbocycles. The Morgan fingerprint density at radius 3 is 2.46 bits per heavy atom. The third kappa shape index (κ3) is 5.24. The number of hydrogen-bond acceptors (Lipinski definition) is 5. The summed E-state index contributed by atoms with van der Waals surface area (Å²) in [6, 6.07) is 3.93. The van der Waals surface area contributed by atoms with Gasteiger partial charge in [-0.05, 0) is 59.6 Å². The smallest absolute Gasteiger partial charge is 0.410 e. The largest absolute Gasteiger partial charge is 0.463 e. The third-order valence-corrected chi connectivity index (χ3v) is 4.15. The Morgan fingerprint density at radius 2 is 1.96 bits per heavy atom. The zero-order valence-electron chi connectivity index (χ0n) is 15.4. The maximum absolute atomic E-state index is 12.1. The molecule has 1 atom stereocenters. The number of hydrogen-bond donors (Lipinski definition) is 2. The number of ether oxygens (including phenoxy) is 1. The Balaban J connectivity index is 1.78. The van der Waals surface area contributed by atoms with Gasteiger partial charge in [-0.15, -0.1) is 0 Å². The van der Waals surface area contributed by atoms with Crippen LogP contribution in [0.25, 0.3) is 0 Å². The number of likely N-dealkylation sites (tertiary alicyclic amines) is 1. The minimum absolute atomic E-state index is 0.251. The van der Waals surface area contributed by atoms with Crippen LogP contribution in [0.4, 0.5) is 4.79 Å². The van der Waals surface area contributed by atoms with Gasteiger partial charge in [-0.1, -0.05) is 0 Å². The lowest BCUT2D eigenvalue weighted by atomic mass is 10.0.